The Kier molecular flexibility index (Phi) is 6.71. The fourth-order valence-corrected chi connectivity index (χ4v) is 2.09. The van der Waals surface area contributed by atoms with E-state index in [4.69, 9.17) is 4.74 Å². The third-order valence-electron chi connectivity index (χ3n) is 3.52. The number of nitrogens with one attached hydrogen (secondary N) is 2. The number of aryl methyl sites for hydroxylation is 1. The average Bonchev–Trinajstić information content (AvgIpc) is 2.65. The van der Waals surface area contributed by atoms with Gasteiger partial charge in [-0.15, -0.1) is 0 Å². The summed E-state index contributed by atoms with van der Waals surface area (Å²) in [6.07, 6.45) is 1.52. The molecule has 2 amide bonds. The molecule has 0 atom stereocenters. The number of hydrogen-bond acceptors (Lipinski definition) is 4. The lowest BCUT2D eigenvalue weighted by Gasteiger charge is -2.06. The Morgan fingerprint density at radius 3 is 2.32 bits per heavy atom. The molecule has 0 aromatic heterocycles. The summed E-state index contributed by atoms with van der Waals surface area (Å²) in [5.41, 5.74) is 4.72. The molecule has 25 heavy (non-hydrogen) atoms. The van der Waals surface area contributed by atoms with Crippen molar-refractivity contribution in [3.05, 3.63) is 60.2 Å². The van der Waals surface area contributed by atoms with Crippen LogP contribution in [0.4, 0.5) is 5.69 Å². The Morgan fingerprint density at radius 1 is 1.00 bits per heavy atom. The molecule has 2 aromatic carbocycles. The Balaban J connectivity index is 1.80. The average molecular weight is 339 g/mol. The zero-order valence-electron chi connectivity index (χ0n) is 14.3. The maximum atomic E-state index is 11.8. The molecule has 0 saturated carbocycles. The number of carbonyl (C=O) groups is 2. The van der Waals surface area contributed by atoms with Gasteiger partial charge in [-0.2, -0.15) is 5.10 Å². The number of hydrazone groups is 1. The molecule has 0 heterocycles. The standard InChI is InChI=1S/C19H21N3O3/c1-14(8-9-15-6-4-3-5-7-15)21-22-19(24)18(23)20-16-10-12-17(25-2)13-11-16/h3-7,10-13H,8-9H2,1-2H3,(H,20,23)(H,22,24)/b21-14+. The molecule has 130 valence electrons. The van der Waals surface area contributed by atoms with Gasteiger partial charge in [0, 0.05) is 11.4 Å². The topological polar surface area (TPSA) is 79.8 Å². The van der Waals surface area contributed by atoms with Crippen LogP contribution in [0.2, 0.25) is 0 Å². The van der Waals surface area contributed by atoms with Crippen molar-refractivity contribution in [1.82, 2.24) is 5.43 Å². The highest BCUT2D eigenvalue weighted by atomic mass is 16.5. The number of ether oxygens (including phenoxy) is 1. The van der Waals surface area contributed by atoms with Crippen LogP contribution in [0.25, 0.3) is 0 Å². The van der Waals surface area contributed by atoms with Gasteiger partial charge in [-0.3, -0.25) is 9.59 Å². The maximum Gasteiger partial charge on any atom is 0.329 e. The Bertz CT molecular complexity index is 740. The molecule has 0 spiro atoms. The van der Waals surface area contributed by atoms with E-state index in [1.807, 2.05) is 37.3 Å². The van der Waals surface area contributed by atoms with Crippen LogP contribution < -0.4 is 15.5 Å². The molecule has 0 bridgehead atoms. The number of nitrogens with zero attached hydrogens (tertiary/aromatic N) is 1. The SMILES string of the molecule is COc1ccc(NC(=O)C(=O)N/N=C(\C)CCc2ccccc2)cc1. The van der Waals surface area contributed by atoms with E-state index in [-0.39, 0.29) is 0 Å². The van der Waals surface area contributed by atoms with E-state index in [9.17, 15) is 9.59 Å². The molecule has 0 radical (unpaired) electrons. The molecule has 0 unspecified atom stereocenters. The minimum atomic E-state index is -0.810. The van der Waals surface area contributed by atoms with Crippen LogP contribution in [0, 0.1) is 0 Å². The number of rotatable bonds is 6. The number of benzene rings is 2. The summed E-state index contributed by atoms with van der Waals surface area (Å²) >= 11 is 0. The van der Waals surface area contributed by atoms with Crippen molar-refractivity contribution < 1.29 is 14.3 Å². The van der Waals surface area contributed by atoms with E-state index in [1.54, 1.807) is 31.4 Å². The number of amides is 2. The number of anilines is 1. The van der Waals surface area contributed by atoms with Crippen LogP contribution >= 0.6 is 0 Å². The van der Waals surface area contributed by atoms with Crippen molar-refractivity contribution in [2.24, 2.45) is 5.10 Å². The fraction of sp³-hybridized carbons (Fsp3) is 0.211. The van der Waals surface area contributed by atoms with Gasteiger partial charge in [0.25, 0.3) is 0 Å². The molecule has 2 N–H and O–H groups in total. The lowest BCUT2D eigenvalue weighted by atomic mass is 10.1. The van der Waals surface area contributed by atoms with Crippen molar-refractivity contribution in [2.45, 2.75) is 19.8 Å². The summed E-state index contributed by atoms with van der Waals surface area (Å²) in [6.45, 7) is 1.81. The van der Waals surface area contributed by atoms with Gasteiger partial charge in [-0.1, -0.05) is 30.3 Å². The molecular formula is C19H21N3O3. The first-order valence-corrected chi connectivity index (χ1v) is 7.91. The molecule has 0 aliphatic heterocycles. The van der Waals surface area contributed by atoms with Crippen molar-refractivity contribution in [1.29, 1.82) is 0 Å². The minimum absolute atomic E-state index is 0.505. The highest BCUT2D eigenvalue weighted by Gasteiger charge is 2.13. The van der Waals surface area contributed by atoms with Gasteiger partial charge in [0.1, 0.15) is 5.75 Å². The van der Waals surface area contributed by atoms with E-state index in [0.29, 0.717) is 17.9 Å². The lowest BCUT2D eigenvalue weighted by molar-refractivity contribution is -0.136. The number of hydrogen-bond donors (Lipinski definition) is 2. The van der Waals surface area contributed by atoms with Gasteiger partial charge in [-0.05, 0) is 49.6 Å². The molecule has 0 saturated heterocycles. The Morgan fingerprint density at radius 2 is 1.68 bits per heavy atom. The second-order valence-corrected chi connectivity index (χ2v) is 5.46. The molecule has 2 rings (SSSR count). The predicted octanol–water partition coefficient (Wildman–Crippen LogP) is 2.76. The van der Waals surface area contributed by atoms with Crippen molar-refractivity contribution in [3.63, 3.8) is 0 Å². The van der Waals surface area contributed by atoms with Crippen LogP contribution in [0.15, 0.2) is 59.7 Å². The van der Waals surface area contributed by atoms with Gasteiger partial charge in [0.2, 0.25) is 0 Å². The van der Waals surface area contributed by atoms with E-state index < -0.39 is 11.8 Å². The second kappa shape index (κ2) is 9.22. The monoisotopic (exact) mass is 339 g/mol. The maximum absolute atomic E-state index is 11.8. The first-order chi connectivity index (χ1) is 12.1. The molecular weight excluding hydrogens is 318 g/mol. The minimum Gasteiger partial charge on any atom is -0.497 e. The van der Waals surface area contributed by atoms with Gasteiger partial charge in [-0.25, -0.2) is 5.43 Å². The molecule has 6 nitrogen and oxygen atoms in total. The van der Waals surface area contributed by atoms with E-state index >= 15 is 0 Å². The van der Waals surface area contributed by atoms with Crippen molar-refractivity contribution >= 4 is 23.2 Å². The molecule has 2 aromatic rings. The molecule has 0 fully saturated rings. The molecule has 0 aliphatic rings. The molecule has 6 heteroatoms. The van der Waals surface area contributed by atoms with E-state index in [2.05, 4.69) is 15.8 Å². The Labute approximate surface area is 146 Å². The third kappa shape index (κ3) is 6.10. The fourth-order valence-electron chi connectivity index (χ4n) is 2.09. The quantitative estimate of drug-likeness (QED) is 0.482. The van der Waals surface area contributed by atoms with Gasteiger partial charge in [0.15, 0.2) is 0 Å². The van der Waals surface area contributed by atoms with Crippen LogP contribution in [-0.4, -0.2) is 24.6 Å². The largest absolute Gasteiger partial charge is 0.497 e. The van der Waals surface area contributed by atoms with Crippen LogP contribution in [-0.2, 0) is 16.0 Å². The van der Waals surface area contributed by atoms with Crippen molar-refractivity contribution in [3.8, 4) is 5.75 Å². The Hall–Kier alpha value is -3.15. The van der Waals surface area contributed by atoms with Gasteiger partial charge < -0.3 is 10.1 Å². The summed E-state index contributed by atoms with van der Waals surface area (Å²) in [6, 6.07) is 16.7. The van der Waals surface area contributed by atoms with E-state index in [1.165, 1.54) is 5.56 Å². The number of carbonyl (C=O) groups excluding carboxylic acids is 2. The predicted molar refractivity (Wildman–Crippen MR) is 97.6 cm³/mol. The smallest absolute Gasteiger partial charge is 0.329 e. The molecule has 0 aliphatic carbocycles. The van der Waals surface area contributed by atoms with Crippen LogP contribution in [0.5, 0.6) is 5.75 Å². The zero-order chi connectivity index (χ0) is 18.1. The van der Waals surface area contributed by atoms with E-state index in [0.717, 1.165) is 12.1 Å². The zero-order valence-corrected chi connectivity index (χ0v) is 14.3. The second-order valence-electron chi connectivity index (χ2n) is 5.46. The first-order valence-electron chi connectivity index (χ1n) is 7.91. The van der Waals surface area contributed by atoms with Crippen LogP contribution in [0.3, 0.4) is 0 Å². The first kappa shape index (κ1) is 18.2. The summed E-state index contributed by atoms with van der Waals surface area (Å²) < 4.78 is 5.03. The summed E-state index contributed by atoms with van der Waals surface area (Å²) in [4.78, 5) is 23.6. The highest BCUT2D eigenvalue weighted by molar-refractivity contribution is 6.39. The third-order valence-corrected chi connectivity index (χ3v) is 3.52. The summed E-state index contributed by atoms with van der Waals surface area (Å²) in [7, 11) is 1.55. The normalized spacial score (nSPS) is 10.9. The van der Waals surface area contributed by atoms with Gasteiger partial charge >= 0.3 is 11.8 Å². The number of methoxy groups -OCH3 is 1. The highest BCUT2D eigenvalue weighted by Crippen LogP contribution is 2.14. The summed E-state index contributed by atoms with van der Waals surface area (Å²) in [5, 5.41) is 6.46. The van der Waals surface area contributed by atoms with Gasteiger partial charge in [0.05, 0.1) is 7.11 Å². The lowest BCUT2D eigenvalue weighted by Crippen LogP contribution is -2.32. The van der Waals surface area contributed by atoms with Crippen molar-refractivity contribution in [2.75, 3.05) is 12.4 Å². The van der Waals surface area contributed by atoms with Crippen LogP contribution in [0.1, 0.15) is 18.9 Å². The summed E-state index contributed by atoms with van der Waals surface area (Å²) in [5.74, 6) is -0.916.